The molecular weight excluding hydrogens is 378 g/mol. The second-order valence-electron chi connectivity index (χ2n) is 7.52. The van der Waals surface area contributed by atoms with Gasteiger partial charge in [0.15, 0.2) is 6.61 Å². The Bertz CT molecular complexity index is 1070. The first-order valence-corrected chi connectivity index (χ1v) is 10.2. The van der Waals surface area contributed by atoms with Gasteiger partial charge in [-0.15, -0.1) is 0 Å². The number of benzene rings is 1. The molecule has 3 aromatic rings. The SMILES string of the molecule is Cc1cc(C(=O)COC(=O)c2cccnc2N2CCCC2)c(C)n1-c1ccccc1. The van der Waals surface area contributed by atoms with Crippen LogP contribution in [0.15, 0.2) is 54.7 Å². The van der Waals surface area contributed by atoms with Crippen LogP contribution >= 0.6 is 0 Å². The van der Waals surface area contributed by atoms with Gasteiger partial charge in [-0.25, -0.2) is 9.78 Å². The number of pyridine rings is 1. The van der Waals surface area contributed by atoms with Gasteiger partial charge in [-0.2, -0.15) is 0 Å². The van der Waals surface area contributed by atoms with E-state index in [-0.39, 0.29) is 12.4 Å². The molecule has 2 aromatic heterocycles. The van der Waals surface area contributed by atoms with Gasteiger partial charge in [-0.05, 0) is 57.0 Å². The van der Waals surface area contributed by atoms with E-state index in [0.29, 0.717) is 16.9 Å². The zero-order valence-electron chi connectivity index (χ0n) is 17.3. The minimum absolute atomic E-state index is 0.217. The fraction of sp³-hybridized carbons (Fsp3) is 0.292. The molecule has 6 nitrogen and oxygen atoms in total. The van der Waals surface area contributed by atoms with Crippen LogP contribution in [-0.4, -0.2) is 41.0 Å². The van der Waals surface area contributed by atoms with E-state index in [4.69, 9.17) is 4.74 Å². The average Bonchev–Trinajstić information content (AvgIpc) is 3.40. The maximum absolute atomic E-state index is 12.8. The maximum atomic E-state index is 12.8. The van der Waals surface area contributed by atoms with Gasteiger partial charge >= 0.3 is 5.97 Å². The van der Waals surface area contributed by atoms with Crippen LogP contribution in [0.2, 0.25) is 0 Å². The molecule has 1 saturated heterocycles. The second kappa shape index (κ2) is 8.53. The third-order valence-electron chi connectivity index (χ3n) is 5.49. The van der Waals surface area contributed by atoms with Crippen molar-refractivity contribution < 1.29 is 14.3 Å². The number of ether oxygens (including phenoxy) is 1. The van der Waals surface area contributed by atoms with Gasteiger partial charge in [0.2, 0.25) is 5.78 Å². The Labute approximate surface area is 176 Å². The van der Waals surface area contributed by atoms with E-state index in [1.807, 2.05) is 54.8 Å². The number of esters is 1. The van der Waals surface area contributed by atoms with E-state index in [0.717, 1.165) is 43.0 Å². The molecule has 0 amide bonds. The molecule has 4 rings (SSSR count). The van der Waals surface area contributed by atoms with Gasteiger partial charge in [0.05, 0.1) is 0 Å². The Morgan fingerprint density at radius 3 is 2.47 bits per heavy atom. The fourth-order valence-corrected chi connectivity index (χ4v) is 4.04. The molecule has 30 heavy (non-hydrogen) atoms. The second-order valence-corrected chi connectivity index (χ2v) is 7.52. The number of aryl methyl sites for hydroxylation is 1. The summed E-state index contributed by atoms with van der Waals surface area (Å²) >= 11 is 0. The van der Waals surface area contributed by atoms with E-state index < -0.39 is 5.97 Å². The van der Waals surface area contributed by atoms with E-state index >= 15 is 0 Å². The molecule has 3 heterocycles. The molecule has 0 saturated carbocycles. The summed E-state index contributed by atoms with van der Waals surface area (Å²) in [7, 11) is 0. The van der Waals surface area contributed by atoms with Crippen LogP contribution in [0.5, 0.6) is 0 Å². The Morgan fingerprint density at radius 1 is 1.00 bits per heavy atom. The third-order valence-corrected chi connectivity index (χ3v) is 5.49. The van der Waals surface area contributed by atoms with Crippen LogP contribution in [0.3, 0.4) is 0 Å². The Balaban J connectivity index is 1.49. The third kappa shape index (κ3) is 3.85. The number of Topliss-reactive ketones (excluding diaryl/α,β-unsaturated/α-hetero) is 1. The van der Waals surface area contributed by atoms with Crippen LogP contribution < -0.4 is 4.90 Å². The highest BCUT2D eigenvalue weighted by Gasteiger charge is 2.23. The van der Waals surface area contributed by atoms with Crippen LogP contribution in [0.25, 0.3) is 5.69 Å². The van der Waals surface area contributed by atoms with Crippen molar-refractivity contribution in [1.82, 2.24) is 9.55 Å². The largest absolute Gasteiger partial charge is 0.454 e. The molecule has 0 bridgehead atoms. The topological polar surface area (TPSA) is 64.4 Å². The average molecular weight is 403 g/mol. The molecular formula is C24H25N3O3. The molecule has 1 aromatic carbocycles. The lowest BCUT2D eigenvalue weighted by molar-refractivity contribution is 0.0475. The van der Waals surface area contributed by atoms with E-state index in [1.165, 1.54) is 0 Å². The van der Waals surface area contributed by atoms with E-state index in [2.05, 4.69) is 9.88 Å². The molecule has 6 heteroatoms. The number of ketones is 1. The first-order valence-electron chi connectivity index (χ1n) is 10.2. The van der Waals surface area contributed by atoms with Crippen molar-refractivity contribution in [2.75, 3.05) is 24.6 Å². The summed E-state index contributed by atoms with van der Waals surface area (Å²) < 4.78 is 7.42. The van der Waals surface area contributed by atoms with Gasteiger partial charge in [0, 0.05) is 41.9 Å². The van der Waals surface area contributed by atoms with E-state index in [1.54, 1.807) is 18.3 Å². The van der Waals surface area contributed by atoms with Crippen molar-refractivity contribution in [3.8, 4) is 5.69 Å². The smallest absolute Gasteiger partial charge is 0.342 e. The van der Waals surface area contributed by atoms with Gasteiger partial charge in [0.25, 0.3) is 0 Å². The quantitative estimate of drug-likeness (QED) is 0.457. The molecule has 0 spiro atoms. The molecule has 0 atom stereocenters. The highest BCUT2D eigenvalue weighted by Crippen LogP contribution is 2.24. The molecule has 0 unspecified atom stereocenters. The molecule has 0 N–H and O–H groups in total. The summed E-state index contributed by atoms with van der Waals surface area (Å²) in [5.41, 5.74) is 3.75. The minimum Gasteiger partial charge on any atom is -0.454 e. The van der Waals surface area contributed by atoms with Crippen molar-refractivity contribution in [3.63, 3.8) is 0 Å². The molecule has 1 aliphatic heterocycles. The lowest BCUT2D eigenvalue weighted by Gasteiger charge is -2.18. The van der Waals surface area contributed by atoms with Crippen molar-refractivity contribution >= 4 is 17.6 Å². The van der Waals surface area contributed by atoms with Gasteiger partial charge in [-0.1, -0.05) is 18.2 Å². The predicted octanol–water partition coefficient (Wildman–Crippen LogP) is 4.13. The normalized spacial score (nSPS) is 13.5. The first-order chi connectivity index (χ1) is 14.6. The molecule has 1 fully saturated rings. The number of hydrogen-bond donors (Lipinski definition) is 0. The highest BCUT2D eigenvalue weighted by molar-refractivity contribution is 6.01. The van der Waals surface area contributed by atoms with Crippen LogP contribution in [0.1, 0.15) is 44.9 Å². The molecule has 1 aliphatic rings. The summed E-state index contributed by atoms with van der Waals surface area (Å²) in [4.78, 5) is 32.0. The number of anilines is 1. The zero-order chi connectivity index (χ0) is 21.1. The molecule has 154 valence electrons. The number of carbonyl (C=O) groups is 2. The number of carbonyl (C=O) groups excluding carboxylic acids is 2. The Morgan fingerprint density at radius 2 is 1.73 bits per heavy atom. The van der Waals surface area contributed by atoms with Gasteiger partial charge in [-0.3, -0.25) is 4.79 Å². The van der Waals surface area contributed by atoms with Crippen molar-refractivity contribution in [1.29, 1.82) is 0 Å². The minimum atomic E-state index is -0.518. The standard InChI is InChI=1S/C24H25N3O3/c1-17-15-21(18(2)27(17)19-9-4-3-5-10-19)22(28)16-30-24(29)20-11-8-12-25-23(20)26-13-6-7-14-26/h3-5,8-12,15H,6-7,13-14,16H2,1-2H3. The summed E-state index contributed by atoms with van der Waals surface area (Å²) in [5, 5.41) is 0. The summed E-state index contributed by atoms with van der Waals surface area (Å²) in [6.07, 6.45) is 3.84. The lowest BCUT2D eigenvalue weighted by Crippen LogP contribution is -2.23. The highest BCUT2D eigenvalue weighted by atomic mass is 16.5. The number of rotatable bonds is 6. The maximum Gasteiger partial charge on any atom is 0.342 e. The number of para-hydroxylation sites is 1. The van der Waals surface area contributed by atoms with Gasteiger partial charge < -0.3 is 14.2 Å². The van der Waals surface area contributed by atoms with E-state index in [9.17, 15) is 9.59 Å². The number of nitrogens with zero attached hydrogens (tertiary/aromatic N) is 3. The number of hydrogen-bond acceptors (Lipinski definition) is 5. The predicted molar refractivity (Wildman–Crippen MR) is 116 cm³/mol. The van der Waals surface area contributed by atoms with Gasteiger partial charge in [0.1, 0.15) is 11.4 Å². The van der Waals surface area contributed by atoms with Crippen LogP contribution in [0, 0.1) is 13.8 Å². The molecule has 0 aliphatic carbocycles. The fourth-order valence-electron chi connectivity index (χ4n) is 4.04. The zero-order valence-corrected chi connectivity index (χ0v) is 17.3. The lowest BCUT2D eigenvalue weighted by atomic mass is 10.1. The van der Waals surface area contributed by atoms with Crippen molar-refractivity contribution in [2.24, 2.45) is 0 Å². The van der Waals surface area contributed by atoms with Crippen LogP contribution in [0.4, 0.5) is 5.82 Å². The summed E-state index contributed by atoms with van der Waals surface area (Å²) in [5.74, 6) is -0.102. The Hall–Kier alpha value is -3.41. The summed E-state index contributed by atoms with van der Waals surface area (Å²) in [6, 6.07) is 15.1. The summed E-state index contributed by atoms with van der Waals surface area (Å²) in [6.45, 7) is 5.32. The number of aromatic nitrogens is 2. The van der Waals surface area contributed by atoms with Crippen molar-refractivity contribution in [2.45, 2.75) is 26.7 Å². The Kier molecular flexibility index (Phi) is 5.65. The van der Waals surface area contributed by atoms with Crippen molar-refractivity contribution in [3.05, 3.63) is 77.2 Å². The van der Waals surface area contributed by atoms with Crippen LogP contribution in [-0.2, 0) is 4.74 Å². The monoisotopic (exact) mass is 403 g/mol. The first kappa shape index (κ1) is 19.9. The molecule has 0 radical (unpaired) electrons.